The molecule has 0 aliphatic carbocycles. The molecule has 0 aromatic rings. The van der Waals surface area contributed by atoms with Crippen LogP contribution in [-0.2, 0) is 14.3 Å². The average molecular weight is 239 g/mol. The Hall–Kier alpha value is -0.550. The number of nitrogens with zero attached hydrogens (tertiary/aromatic N) is 1. The zero-order valence-corrected chi connectivity index (χ0v) is 10.0. The lowest BCUT2D eigenvalue weighted by molar-refractivity contribution is -0.145. The van der Waals surface area contributed by atoms with E-state index in [9.17, 15) is 4.79 Å². The second kappa shape index (κ2) is 5.19. The fraction of sp³-hybridized carbons (Fsp3) is 0.636. The molecule has 4 nitrogen and oxygen atoms in total. The van der Waals surface area contributed by atoms with Gasteiger partial charge in [-0.25, -0.2) is 0 Å². The second-order valence-electron chi connectivity index (χ2n) is 3.52. The first kappa shape index (κ1) is 11.9. The van der Waals surface area contributed by atoms with Crippen LogP contribution in [0.1, 0.15) is 20.3 Å². The van der Waals surface area contributed by atoms with Crippen LogP contribution in [-0.4, -0.2) is 35.2 Å². The lowest BCUT2D eigenvalue weighted by atomic mass is 10.1. The number of carbonyl (C=O) groups excluding carboxylic acids is 1. The number of ether oxygens (including phenoxy) is 2. The van der Waals surface area contributed by atoms with Gasteiger partial charge in [-0.2, -0.15) is 0 Å². The highest BCUT2D eigenvalue weighted by Crippen LogP contribution is 2.35. The van der Waals surface area contributed by atoms with Crippen molar-refractivity contribution in [1.82, 2.24) is 0 Å². The van der Waals surface area contributed by atoms with E-state index >= 15 is 0 Å². The standard InChI is InChI=1S/C11H13NO3S/c1-3-10-12-9-5-4-8(6-14-7(2)13)15-11(9)16-10/h8-9,11H,3,6H2,1-2H3/t8-,9-,11-/m1/s1. The van der Waals surface area contributed by atoms with Gasteiger partial charge in [0.05, 0.1) is 11.1 Å². The third-order valence-electron chi connectivity index (χ3n) is 2.22. The van der Waals surface area contributed by atoms with E-state index in [1.165, 1.54) is 6.92 Å². The van der Waals surface area contributed by atoms with Crippen LogP contribution in [0.2, 0.25) is 0 Å². The first-order valence-electron chi connectivity index (χ1n) is 5.22. The molecule has 0 N–H and O–H groups in total. The van der Waals surface area contributed by atoms with E-state index in [2.05, 4.69) is 24.8 Å². The third kappa shape index (κ3) is 2.77. The molecule has 0 aromatic heterocycles. The van der Waals surface area contributed by atoms with Crippen molar-refractivity contribution in [2.45, 2.75) is 37.9 Å². The fourth-order valence-electron chi connectivity index (χ4n) is 1.47. The van der Waals surface area contributed by atoms with Crippen LogP contribution >= 0.6 is 11.8 Å². The van der Waals surface area contributed by atoms with E-state index in [0.717, 1.165) is 11.5 Å². The molecule has 1 saturated heterocycles. The van der Waals surface area contributed by atoms with Gasteiger partial charge >= 0.3 is 5.97 Å². The molecule has 0 aromatic carbocycles. The predicted octanol–water partition coefficient (Wildman–Crippen LogP) is 1.36. The number of hydrogen-bond acceptors (Lipinski definition) is 5. The minimum absolute atomic E-state index is 0.0308. The molecule has 1 fully saturated rings. The largest absolute Gasteiger partial charge is 0.463 e. The number of rotatable bonds is 3. The third-order valence-corrected chi connectivity index (χ3v) is 3.49. The molecule has 4 radical (unpaired) electrons. The van der Waals surface area contributed by atoms with Gasteiger partial charge in [-0.15, -0.1) is 0 Å². The first-order valence-corrected chi connectivity index (χ1v) is 6.10. The number of hydrogen-bond donors (Lipinski definition) is 0. The molecule has 2 aliphatic rings. The van der Waals surface area contributed by atoms with E-state index in [0.29, 0.717) is 0 Å². The zero-order valence-electron chi connectivity index (χ0n) is 9.23. The van der Waals surface area contributed by atoms with E-state index in [4.69, 9.17) is 9.47 Å². The maximum absolute atomic E-state index is 10.7. The van der Waals surface area contributed by atoms with E-state index < -0.39 is 0 Å². The molecule has 86 valence electrons. The lowest BCUT2D eigenvalue weighted by Gasteiger charge is -2.29. The number of carbonyl (C=O) groups is 1. The summed E-state index contributed by atoms with van der Waals surface area (Å²) in [4.78, 5) is 15.1. The molecule has 5 heteroatoms. The summed E-state index contributed by atoms with van der Waals surface area (Å²) in [5, 5.41) is 1.08. The summed E-state index contributed by atoms with van der Waals surface area (Å²) in [6, 6.07) is -0.0477. The Bertz CT molecular complexity index is 306. The van der Waals surface area contributed by atoms with Crippen molar-refractivity contribution in [2.75, 3.05) is 6.61 Å². The van der Waals surface area contributed by atoms with Crippen LogP contribution in [0.5, 0.6) is 0 Å². The SMILES string of the molecule is CCC1=N[C@@H]2[C][C][C@H](COC(C)=O)O[C@@H]2S1. The highest BCUT2D eigenvalue weighted by Gasteiger charge is 2.37. The molecule has 2 rings (SSSR count). The molecule has 0 amide bonds. The molecule has 0 bridgehead atoms. The van der Waals surface area contributed by atoms with E-state index in [-0.39, 0.29) is 30.2 Å². The van der Waals surface area contributed by atoms with Gasteiger partial charge in [-0.05, 0) is 6.42 Å². The Morgan fingerprint density at radius 3 is 3.12 bits per heavy atom. The van der Waals surface area contributed by atoms with Gasteiger partial charge in [0, 0.05) is 19.8 Å². The Labute approximate surface area is 99.8 Å². The van der Waals surface area contributed by atoms with E-state index in [1.807, 2.05) is 0 Å². The van der Waals surface area contributed by atoms with Crippen molar-refractivity contribution in [3.05, 3.63) is 12.8 Å². The molecule has 2 aliphatic heterocycles. The smallest absolute Gasteiger partial charge is 0.302 e. The van der Waals surface area contributed by atoms with Crippen LogP contribution < -0.4 is 0 Å². The first-order chi connectivity index (χ1) is 7.69. The minimum Gasteiger partial charge on any atom is -0.463 e. The summed E-state index contributed by atoms with van der Waals surface area (Å²) < 4.78 is 10.6. The van der Waals surface area contributed by atoms with Crippen molar-refractivity contribution in [3.8, 4) is 0 Å². The lowest BCUT2D eigenvalue weighted by Crippen LogP contribution is -2.37. The second-order valence-corrected chi connectivity index (χ2v) is 4.70. The highest BCUT2D eigenvalue weighted by atomic mass is 32.2. The molecule has 0 unspecified atom stereocenters. The summed E-state index contributed by atoms with van der Waals surface area (Å²) >= 11 is 1.62. The van der Waals surface area contributed by atoms with Crippen molar-refractivity contribution in [2.24, 2.45) is 4.99 Å². The van der Waals surface area contributed by atoms with Crippen molar-refractivity contribution >= 4 is 22.8 Å². The number of thioether (sulfide) groups is 1. The maximum Gasteiger partial charge on any atom is 0.302 e. The number of fused-ring (bicyclic) bond motifs is 1. The van der Waals surface area contributed by atoms with Crippen LogP contribution in [0.15, 0.2) is 4.99 Å². The quantitative estimate of drug-likeness (QED) is 0.698. The molecular formula is C11H13NO3S. The summed E-state index contributed by atoms with van der Waals surface area (Å²) in [6.07, 6.45) is 6.56. The Morgan fingerprint density at radius 1 is 1.62 bits per heavy atom. The maximum atomic E-state index is 10.7. The Balaban J connectivity index is 1.82. The monoisotopic (exact) mass is 239 g/mol. The normalized spacial score (nSPS) is 33.1. The van der Waals surface area contributed by atoms with E-state index in [1.54, 1.807) is 11.8 Å². The molecule has 3 atom stereocenters. The van der Waals surface area contributed by atoms with Crippen LogP contribution in [0.4, 0.5) is 0 Å². The van der Waals surface area contributed by atoms with Crippen LogP contribution in [0.3, 0.4) is 0 Å². The zero-order chi connectivity index (χ0) is 11.5. The van der Waals surface area contributed by atoms with Gasteiger partial charge in [0.2, 0.25) is 0 Å². The van der Waals surface area contributed by atoms with Crippen LogP contribution in [0.25, 0.3) is 0 Å². The van der Waals surface area contributed by atoms with Crippen molar-refractivity contribution in [3.63, 3.8) is 0 Å². The summed E-state index contributed by atoms with van der Waals surface area (Å²) in [5.74, 6) is -0.308. The predicted molar refractivity (Wildman–Crippen MR) is 60.9 cm³/mol. The summed E-state index contributed by atoms with van der Waals surface area (Å²) in [7, 11) is 0. The summed E-state index contributed by atoms with van der Waals surface area (Å²) in [5.41, 5.74) is -0.0308. The van der Waals surface area contributed by atoms with Gasteiger partial charge < -0.3 is 9.47 Å². The molecular weight excluding hydrogens is 226 g/mol. The van der Waals surface area contributed by atoms with Gasteiger partial charge in [-0.3, -0.25) is 9.79 Å². The average Bonchev–Trinajstić information content (AvgIpc) is 2.68. The Morgan fingerprint density at radius 2 is 2.44 bits per heavy atom. The number of esters is 1. The van der Waals surface area contributed by atoms with Gasteiger partial charge in [0.1, 0.15) is 18.1 Å². The molecule has 0 spiro atoms. The van der Waals surface area contributed by atoms with Gasteiger partial charge in [-0.1, -0.05) is 18.7 Å². The van der Waals surface area contributed by atoms with Gasteiger partial charge in [0.15, 0.2) is 0 Å². The minimum atomic E-state index is -0.316. The van der Waals surface area contributed by atoms with Crippen molar-refractivity contribution < 1.29 is 14.3 Å². The molecule has 2 heterocycles. The fourth-order valence-corrected chi connectivity index (χ4v) is 2.53. The Kier molecular flexibility index (Phi) is 3.86. The van der Waals surface area contributed by atoms with Crippen molar-refractivity contribution in [1.29, 1.82) is 0 Å². The molecule has 16 heavy (non-hydrogen) atoms. The van der Waals surface area contributed by atoms with Gasteiger partial charge in [0.25, 0.3) is 0 Å². The molecule has 0 saturated carbocycles. The highest BCUT2D eigenvalue weighted by molar-refractivity contribution is 8.14. The number of aliphatic imine (C=N–C) groups is 1. The van der Waals surface area contributed by atoms with Crippen LogP contribution in [0, 0.1) is 12.8 Å². The topological polar surface area (TPSA) is 47.9 Å². The summed E-state index contributed by atoms with van der Waals surface area (Å²) in [6.45, 7) is 3.64.